The molecule has 0 atom stereocenters. The van der Waals surface area contributed by atoms with Gasteiger partial charge in [-0.15, -0.1) is 0 Å². The van der Waals surface area contributed by atoms with E-state index in [0.29, 0.717) is 6.54 Å². The molecular weight excluding hydrogens is 370 g/mol. The Hall–Kier alpha value is -4.07. The number of anilines is 1. The SMILES string of the molecule is O=C(NCc1cccnc1)C(=O)Nc1ccccc1C(=O)NCc1cccnc1. The first-order valence-electron chi connectivity index (χ1n) is 8.87. The van der Waals surface area contributed by atoms with Crippen LogP contribution in [0.4, 0.5) is 5.69 Å². The molecule has 8 nitrogen and oxygen atoms in total. The molecule has 0 spiro atoms. The second kappa shape index (κ2) is 9.75. The van der Waals surface area contributed by atoms with Crippen LogP contribution in [0.2, 0.25) is 0 Å². The predicted octanol–water partition coefficient (Wildman–Crippen LogP) is 1.66. The van der Waals surface area contributed by atoms with Crippen LogP contribution < -0.4 is 16.0 Å². The van der Waals surface area contributed by atoms with E-state index in [1.807, 2.05) is 6.07 Å². The zero-order valence-corrected chi connectivity index (χ0v) is 15.5. The number of aromatic nitrogens is 2. The van der Waals surface area contributed by atoms with Crippen LogP contribution in [-0.4, -0.2) is 27.7 Å². The third kappa shape index (κ3) is 5.70. The average Bonchev–Trinajstić information content (AvgIpc) is 2.77. The van der Waals surface area contributed by atoms with Crippen LogP contribution in [0.3, 0.4) is 0 Å². The Morgan fingerprint density at radius 3 is 1.97 bits per heavy atom. The molecule has 0 unspecified atom stereocenters. The van der Waals surface area contributed by atoms with Gasteiger partial charge < -0.3 is 16.0 Å². The number of hydrogen-bond donors (Lipinski definition) is 3. The molecule has 2 heterocycles. The molecule has 0 aliphatic carbocycles. The highest BCUT2D eigenvalue weighted by molar-refractivity contribution is 6.40. The molecule has 0 saturated carbocycles. The Morgan fingerprint density at radius 2 is 1.34 bits per heavy atom. The first-order chi connectivity index (χ1) is 14.1. The number of pyridine rings is 2. The molecule has 3 amide bonds. The average molecular weight is 389 g/mol. The van der Waals surface area contributed by atoms with E-state index in [1.54, 1.807) is 67.3 Å². The van der Waals surface area contributed by atoms with Gasteiger partial charge in [0.2, 0.25) is 0 Å². The van der Waals surface area contributed by atoms with Crippen molar-refractivity contribution in [3.63, 3.8) is 0 Å². The Labute approximate surface area is 167 Å². The van der Waals surface area contributed by atoms with Gasteiger partial charge in [0.25, 0.3) is 5.91 Å². The Morgan fingerprint density at radius 1 is 0.724 bits per heavy atom. The Balaban J connectivity index is 1.59. The van der Waals surface area contributed by atoms with Gasteiger partial charge in [0.05, 0.1) is 11.3 Å². The lowest BCUT2D eigenvalue weighted by Crippen LogP contribution is -2.35. The van der Waals surface area contributed by atoms with E-state index in [-0.39, 0.29) is 23.7 Å². The van der Waals surface area contributed by atoms with Crippen molar-refractivity contribution in [3.8, 4) is 0 Å². The fourth-order valence-electron chi connectivity index (χ4n) is 2.51. The van der Waals surface area contributed by atoms with Crippen molar-refractivity contribution in [2.45, 2.75) is 13.1 Å². The number of amides is 3. The van der Waals surface area contributed by atoms with E-state index in [4.69, 9.17) is 0 Å². The van der Waals surface area contributed by atoms with Crippen LogP contribution >= 0.6 is 0 Å². The smallest absolute Gasteiger partial charge is 0.313 e. The van der Waals surface area contributed by atoms with E-state index in [0.717, 1.165) is 11.1 Å². The van der Waals surface area contributed by atoms with Gasteiger partial charge in [-0.05, 0) is 35.4 Å². The zero-order valence-electron chi connectivity index (χ0n) is 15.5. The second-order valence-corrected chi connectivity index (χ2v) is 6.09. The number of nitrogens with one attached hydrogen (secondary N) is 3. The summed E-state index contributed by atoms with van der Waals surface area (Å²) in [5, 5.41) is 7.77. The van der Waals surface area contributed by atoms with Gasteiger partial charge in [-0.25, -0.2) is 0 Å². The minimum atomic E-state index is -0.860. The number of hydrogen-bond acceptors (Lipinski definition) is 5. The molecular formula is C21H19N5O3. The summed E-state index contributed by atoms with van der Waals surface area (Å²) in [6, 6.07) is 13.6. The second-order valence-electron chi connectivity index (χ2n) is 6.09. The van der Waals surface area contributed by atoms with Gasteiger partial charge in [0, 0.05) is 37.9 Å². The van der Waals surface area contributed by atoms with Crippen molar-refractivity contribution in [2.75, 3.05) is 5.32 Å². The summed E-state index contributed by atoms with van der Waals surface area (Å²) < 4.78 is 0. The highest BCUT2D eigenvalue weighted by Crippen LogP contribution is 2.15. The fraction of sp³-hybridized carbons (Fsp3) is 0.0952. The van der Waals surface area contributed by atoms with E-state index in [2.05, 4.69) is 25.9 Å². The van der Waals surface area contributed by atoms with Gasteiger partial charge in [0.1, 0.15) is 0 Å². The molecule has 29 heavy (non-hydrogen) atoms. The van der Waals surface area contributed by atoms with Gasteiger partial charge in [0.15, 0.2) is 0 Å². The molecule has 3 rings (SSSR count). The number of benzene rings is 1. The lowest BCUT2D eigenvalue weighted by molar-refractivity contribution is -0.136. The molecule has 2 aromatic heterocycles. The van der Waals surface area contributed by atoms with Crippen LogP contribution in [0.5, 0.6) is 0 Å². The van der Waals surface area contributed by atoms with Crippen LogP contribution in [0.1, 0.15) is 21.5 Å². The molecule has 146 valence electrons. The van der Waals surface area contributed by atoms with Crippen LogP contribution in [-0.2, 0) is 22.7 Å². The summed E-state index contributed by atoms with van der Waals surface area (Å²) >= 11 is 0. The Bertz CT molecular complexity index is 993. The fourth-order valence-corrected chi connectivity index (χ4v) is 2.51. The van der Waals surface area contributed by atoms with E-state index in [9.17, 15) is 14.4 Å². The first-order valence-corrected chi connectivity index (χ1v) is 8.87. The van der Waals surface area contributed by atoms with Crippen LogP contribution in [0.25, 0.3) is 0 Å². The minimum absolute atomic E-state index is 0.174. The summed E-state index contributed by atoms with van der Waals surface area (Å²) in [5.74, 6) is -2.04. The molecule has 0 bridgehead atoms. The molecule has 3 aromatic rings. The highest BCUT2D eigenvalue weighted by Gasteiger charge is 2.17. The summed E-state index contributed by atoms with van der Waals surface area (Å²) in [6.45, 7) is 0.466. The molecule has 3 N–H and O–H groups in total. The zero-order chi connectivity index (χ0) is 20.5. The van der Waals surface area contributed by atoms with E-state index < -0.39 is 11.8 Å². The van der Waals surface area contributed by atoms with Crippen molar-refractivity contribution in [1.29, 1.82) is 0 Å². The molecule has 1 aromatic carbocycles. The molecule has 0 saturated heterocycles. The summed E-state index contributed by atoms with van der Waals surface area (Å²) in [4.78, 5) is 44.7. The quantitative estimate of drug-likeness (QED) is 0.555. The van der Waals surface area contributed by atoms with Crippen LogP contribution in [0.15, 0.2) is 73.3 Å². The molecule has 0 radical (unpaired) electrons. The highest BCUT2D eigenvalue weighted by atomic mass is 16.2. The predicted molar refractivity (Wildman–Crippen MR) is 107 cm³/mol. The third-order valence-corrected chi connectivity index (χ3v) is 3.98. The Kier molecular flexibility index (Phi) is 6.62. The first kappa shape index (κ1) is 19.7. The van der Waals surface area contributed by atoms with Crippen molar-refractivity contribution in [2.24, 2.45) is 0 Å². The topological polar surface area (TPSA) is 113 Å². The van der Waals surface area contributed by atoms with Gasteiger partial charge in [-0.1, -0.05) is 24.3 Å². The van der Waals surface area contributed by atoms with Crippen molar-refractivity contribution >= 4 is 23.4 Å². The van der Waals surface area contributed by atoms with Gasteiger partial charge in [-0.3, -0.25) is 24.4 Å². The normalized spacial score (nSPS) is 10.1. The van der Waals surface area contributed by atoms with E-state index >= 15 is 0 Å². The van der Waals surface area contributed by atoms with Crippen molar-refractivity contribution in [1.82, 2.24) is 20.6 Å². The van der Waals surface area contributed by atoms with Crippen molar-refractivity contribution in [3.05, 3.63) is 90.0 Å². The van der Waals surface area contributed by atoms with Crippen LogP contribution in [0, 0.1) is 0 Å². The lowest BCUT2D eigenvalue weighted by Gasteiger charge is -2.11. The summed E-state index contributed by atoms with van der Waals surface area (Å²) in [5.41, 5.74) is 2.11. The number of para-hydroxylation sites is 1. The molecule has 8 heteroatoms. The number of carbonyl (C=O) groups excluding carboxylic acids is 3. The van der Waals surface area contributed by atoms with Gasteiger partial charge in [-0.2, -0.15) is 0 Å². The molecule has 0 fully saturated rings. The third-order valence-electron chi connectivity index (χ3n) is 3.98. The maximum Gasteiger partial charge on any atom is 0.313 e. The monoisotopic (exact) mass is 389 g/mol. The molecule has 0 aliphatic heterocycles. The number of carbonyl (C=O) groups is 3. The number of rotatable bonds is 6. The molecule has 0 aliphatic rings. The number of nitrogens with zero attached hydrogens (tertiary/aromatic N) is 2. The minimum Gasteiger partial charge on any atom is -0.348 e. The summed E-state index contributed by atoms with van der Waals surface area (Å²) in [6.07, 6.45) is 6.52. The van der Waals surface area contributed by atoms with Gasteiger partial charge >= 0.3 is 11.8 Å². The van der Waals surface area contributed by atoms with E-state index in [1.165, 1.54) is 0 Å². The maximum absolute atomic E-state index is 12.5. The summed E-state index contributed by atoms with van der Waals surface area (Å²) in [7, 11) is 0. The standard InChI is InChI=1S/C21H19N5O3/c27-19(24-13-15-5-3-9-22-11-15)17-7-1-2-8-18(17)26-21(29)20(28)25-14-16-6-4-10-23-12-16/h1-12H,13-14H2,(H,24,27)(H,25,28)(H,26,29). The maximum atomic E-state index is 12.5. The largest absolute Gasteiger partial charge is 0.348 e. The van der Waals surface area contributed by atoms with Crippen molar-refractivity contribution < 1.29 is 14.4 Å². The lowest BCUT2D eigenvalue weighted by atomic mass is 10.1.